The molecule has 0 unspecified atom stereocenters. The number of esters is 1. The molecule has 0 atom stereocenters. The van der Waals surface area contributed by atoms with Gasteiger partial charge in [0.2, 0.25) is 0 Å². The van der Waals surface area contributed by atoms with Crippen molar-refractivity contribution in [1.29, 1.82) is 0 Å². The molecule has 0 fully saturated rings. The third kappa shape index (κ3) is 7.69. The fraction of sp³-hybridized carbons (Fsp3) is 0.214. The van der Waals surface area contributed by atoms with Crippen LogP contribution in [0.15, 0.2) is 48.5 Å². The van der Waals surface area contributed by atoms with Crippen LogP contribution in [0.2, 0.25) is 0 Å². The van der Waals surface area contributed by atoms with Crippen molar-refractivity contribution in [1.82, 2.24) is 0 Å². The Balaban J connectivity index is 0.000000352. The molecular weight excluding hydrogens is 383 g/mol. The quantitative estimate of drug-likeness (QED) is 0.343. The fourth-order valence-corrected chi connectivity index (χ4v) is 1.69. The number of carbonyl (C=O) groups is 1. The van der Waals surface area contributed by atoms with Crippen molar-refractivity contribution in [2.45, 2.75) is 12.8 Å². The van der Waals surface area contributed by atoms with Crippen molar-refractivity contribution in [3.63, 3.8) is 0 Å². The van der Waals surface area contributed by atoms with E-state index in [1.54, 1.807) is 0 Å². The molecule has 0 amide bonds. The molecule has 0 N–H and O–H groups in total. The molecule has 0 bridgehead atoms. The minimum absolute atomic E-state index is 0. The molecule has 0 radical (unpaired) electrons. The predicted molar refractivity (Wildman–Crippen MR) is 77.1 cm³/mol. The van der Waals surface area contributed by atoms with Crippen LogP contribution >= 0.6 is 22.6 Å². The van der Waals surface area contributed by atoms with Crippen molar-refractivity contribution >= 4 is 28.6 Å². The van der Waals surface area contributed by atoms with Crippen LogP contribution in [-0.2, 0) is 33.0 Å². The first kappa shape index (κ1) is 17.4. The predicted octanol–water partition coefficient (Wildman–Crippen LogP) is 3.52. The van der Waals surface area contributed by atoms with Crippen molar-refractivity contribution in [2.75, 3.05) is 7.11 Å². The summed E-state index contributed by atoms with van der Waals surface area (Å²) >= 11 is 2.28. The van der Waals surface area contributed by atoms with Gasteiger partial charge in [0, 0.05) is 6.42 Å². The minimum Gasteiger partial charge on any atom is -0.469 e. The second-order valence-electron chi connectivity index (χ2n) is 3.47. The van der Waals surface area contributed by atoms with Gasteiger partial charge in [-0.2, -0.15) is 29.8 Å². The first-order chi connectivity index (χ1) is 8.22. The Hall–Kier alpha value is -0.581. The van der Waals surface area contributed by atoms with Gasteiger partial charge in [0.1, 0.15) is 0 Å². The van der Waals surface area contributed by atoms with Gasteiger partial charge in [0.25, 0.3) is 0 Å². The van der Waals surface area contributed by atoms with Gasteiger partial charge in [-0.1, -0.05) is 22.6 Å². The molecule has 98 valence electrons. The zero-order chi connectivity index (χ0) is 12.5. The summed E-state index contributed by atoms with van der Waals surface area (Å²) in [5, 5.41) is 0. The Morgan fingerprint density at radius 1 is 1.28 bits per heavy atom. The van der Waals surface area contributed by atoms with E-state index in [1.807, 2.05) is 36.4 Å². The number of rotatable bonds is 3. The smallest absolute Gasteiger partial charge is 0.469 e. The summed E-state index contributed by atoms with van der Waals surface area (Å²) < 4.78 is 5.82. The fourth-order valence-electron chi connectivity index (χ4n) is 1.28. The molecule has 0 spiro atoms. The van der Waals surface area contributed by atoms with E-state index in [0.29, 0.717) is 6.42 Å². The van der Waals surface area contributed by atoms with Crippen LogP contribution in [0.3, 0.4) is 0 Å². The molecule has 0 aliphatic heterocycles. The van der Waals surface area contributed by atoms with E-state index in [0.717, 1.165) is 6.42 Å². The normalized spacial score (nSPS) is 8.78. The number of methoxy groups -OCH3 is 1. The Bertz CT molecular complexity index is 407. The average molecular weight is 398 g/mol. The van der Waals surface area contributed by atoms with Crippen LogP contribution < -0.4 is 0 Å². The first-order valence-electron chi connectivity index (χ1n) is 5.37. The van der Waals surface area contributed by atoms with Crippen LogP contribution in [0.5, 0.6) is 0 Å². The summed E-state index contributed by atoms with van der Waals surface area (Å²) in [5.74, 6) is -0.147. The van der Waals surface area contributed by atoms with Gasteiger partial charge in [0.15, 0.2) is 0 Å². The zero-order valence-corrected chi connectivity index (χ0v) is 13.3. The Morgan fingerprint density at radius 2 is 1.94 bits per heavy atom. The van der Waals surface area contributed by atoms with Gasteiger partial charge >= 0.3 is 23.0 Å². The van der Waals surface area contributed by atoms with Crippen LogP contribution in [0.4, 0.5) is 0 Å². The van der Waals surface area contributed by atoms with E-state index in [4.69, 9.17) is 0 Å². The molecule has 0 heterocycles. The maximum atomic E-state index is 10.7. The van der Waals surface area contributed by atoms with Crippen LogP contribution in [0, 0.1) is 3.57 Å². The molecule has 2 aromatic rings. The SMILES string of the molecule is COC(=O)CCc1ccc[cH-]1.Ic1ccc[cH-]1.[Fe+2]. The molecular formula is C14H15FeIO2. The molecule has 0 saturated carbocycles. The van der Waals surface area contributed by atoms with Gasteiger partial charge in [-0.05, 0) is 6.42 Å². The van der Waals surface area contributed by atoms with Crippen LogP contribution in [0.1, 0.15) is 12.0 Å². The summed E-state index contributed by atoms with van der Waals surface area (Å²) in [4.78, 5) is 10.7. The van der Waals surface area contributed by atoms with Gasteiger partial charge in [0.05, 0.1) is 7.11 Å². The molecule has 0 aliphatic carbocycles. The Labute approximate surface area is 132 Å². The molecule has 0 aromatic heterocycles. The van der Waals surface area contributed by atoms with Gasteiger partial charge in [-0.15, -0.1) is 3.57 Å². The minimum atomic E-state index is -0.147. The summed E-state index contributed by atoms with van der Waals surface area (Å²) in [5.41, 5.74) is 1.19. The second-order valence-corrected chi connectivity index (χ2v) is 4.72. The topological polar surface area (TPSA) is 26.3 Å². The number of hydrogen-bond acceptors (Lipinski definition) is 2. The van der Waals surface area contributed by atoms with Crippen molar-refractivity contribution in [2.24, 2.45) is 0 Å². The summed E-state index contributed by atoms with van der Waals surface area (Å²) in [6.07, 6.45) is 1.25. The maximum absolute atomic E-state index is 10.7. The second kappa shape index (κ2) is 10.4. The van der Waals surface area contributed by atoms with Crippen LogP contribution in [0.25, 0.3) is 0 Å². The molecule has 2 nitrogen and oxygen atoms in total. The molecule has 0 aliphatic rings. The third-order valence-corrected chi connectivity index (χ3v) is 2.92. The molecule has 2 rings (SSSR count). The molecule has 2 aromatic carbocycles. The Kier molecular flexibility index (Phi) is 10.0. The number of hydrogen-bond donors (Lipinski definition) is 0. The van der Waals surface area contributed by atoms with Crippen molar-refractivity contribution in [3.05, 3.63) is 57.7 Å². The number of halogens is 1. The largest absolute Gasteiger partial charge is 2.00 e. The molecule has 4 heteroatoms. The summed E-state index contributed by atoms with van der Waals surface area (Å²) in [6.45, 7) is 0. The Morgan fingerprint density at radius 3 is 2.33 bits per heavy atom. The van der Waals surface area contributed by atoms with Crippen LogP contribution in [-0.4, -0.2) is 13.1 Å². The summed E-state index contributed by atoms with van der Waals surface area (Å²) in [6, 6.07) is 16.1. The summed E-state index contributed by atoms with van der Waals surface area (Å²) in [7, 11) is 1.41. The van der Waals surface area contributed by atoms with E-state index in [9.17, 15) is 4.79 Å². The van der Waals surface area contributed by atoms with E-state index in [2.05, 4.69) is 39.5 Å². The molecule has 0 saturated heterocycles. The van der Waals surface area contributed by atoms with E-state index >= 15 is 0 Å². The average Bonchev–Trinajstić information content (AvgIpc) is 2.99. The standard InChI is InChI=1S/C9H11O2.C5H4I.Fe/c1-11-9(10)7-6-8-4-2-3-5-8;6-5-3-1-2-4-5;/h2-5H,6-7H2,1H3;1-4H;/q2*-1;+2. The first-order valence-corrected chi connectivity index (χ1v) is 6.45. The monoisotopic (exact) mass is 398 g/mol. The number of carbonyl (C=O) groups excluding carboxylic acids is 1. The van der Waals surface area contributed by atoms with Gasteiger partial charge in [-0.25, -0.2) is 24.3 Å². The van der Waals surface area contributed by atoms with Crippen molar-refractivity contribution < 1.29 is 26.6 Å². The van der Waals surface area contributed by atoms with Gasteiger partial charge in [-0.3, -0.25) is 4.79 Å². The van der Waals surface area contributed by atoms with E-state index < -0.39 is 0 Å². The third-order valence-electron chi connectivity index (χ3n) is 2.20. The van der Waals surface area contributed by atoms with E-state index in [-0.39, 0.29) is 23.0 Å². The number of ether oxygens (including phenoxy) is 1. The zero-order valence-electron chi connectivity index (χ0n) is 10.1. The maximum Gasteiger partial charge on any atom is 2.00 e. The molecule has 18 heavy (non-hydrogen) atoms. The van der Waals surface area contributed by atoms with Crippen molar-refractivity contribution in [3.8, 4) is 0 Å². The van der Waals surface area contributed by atoms with E-state index in [1.165, 1.54) is 16.2 Å². The van der Waals surface area contributed by atoms with Gasteiger partial charge < -0.3 is 4.74 Å². The number of aryl methyl sites for hydroxylation is 1.